The normalized spacial score (nSPS) is 39.8. The van der Waals surface area contributed by atoms with Crippen LogP contribution < -0.4 is 4.74 Å². The molecular formula is C56H80O27. The van der Waals surface area contributed by atoms with Gasteiger partial charge in [-0.3, -0.25) is 19.2 Å². The summed E-state index contributed by atoms with van der Waals surface area (Å²) in [6.45, 7) is 11.9. The van der Waals surface area contributed by atoms with Crippen LogP contribution in [-0.2, 0) is 72.9 Å². The van der Waals surface area contributed by atoms with E-state index in [1.807, 2.05) is 0 Å². The van der Waals surface area contributed by atoms with E-state index < -0.39 is 201 Å². The van der Waals surface area contributed by atoms with Gasteiger partial charge in [0.25, 0.3) is 0 Å². The molecule has 5 heterocycles. The second-order valence-electron chi connectivity index (χ2n) is 23.1. The van der Waals surface area contributed by atoms with E-state index in [2.05, 4.69) is 0 Å². The number of carbonyl (C=O) groups is 4. The first-order valence-corrected chi connectivity index (χ1v) is 28.1. The van der Waals surface area contributed by atoms with E-state index >= 15 is 4.79 Å². The van der Waals surface area contributed by atoms with Gasteiger partial charge in [-0.2, -0.15) is 0 Å². The molecule has 6 aliphatic rings. The lowest BCUT2D eigenvalue weighted by atomic mass is 9.75. The minimum Gasteiger partial charge on any atom is -0.507 e. The number of aliphatic hydroxyl groups excluding tert-OH is 7. The summed E-state index contributed by atoms with van der Waals surface area (Å²) in [4.78, 5) is 53.3. The maximum Gasteiger partial charge on any atom is 0.306 e. The van der Waals surface area contributed by atoms with E-state index in [0.29, 0.717) is 0 Å². The first kappa shape index (κ1) is 64.7. The Morgan fingerprint density at radius 2 is 1.20 bits per heavy atom. The molecule has 5 saturated heterocycles. The van der Waals surface area contributed by atoms with Gasteiger partial charge in [-0.05, 0) is 84.9 Å². The minimum absolute atomic E-state index is 0.0559. The van der Waals surface area contributed by atoms with E-state index in [0.717, 1.165) is 7.11 Å². The summed E-state index contributed by atoms with van der Waals surface area (Å²) in [6.07, 6.45) is -29.5. The van der Waals surface area contributed by atoms with Gasteiger partial charge in [0, 0.05) is 50.7 Å². The number of fused-ring (bicyclic) bond motifs is 2. The SMILES string of the molecule is CO[C@H](C(=O)[C@@H](O)[C@@H](C)OC(=O)CCC(=O)O)[C@@H]1Cc2cc3cc(O[C@H]4C[C@@H](O[C@H]5C[C@@H](O)[C@H](O)C(C)O5)[C@H](O)C(C)O4)c(C)c(O)c3c(O)c2C(=O)[C@H]1O[C@H]1C[C@@H](O[C@H]2C[C@@H](O[C@H]3C[C@](C)(O)[C@H](O)C(C)O3)[C@@H](O)C(C)O2)[C@H](O)C(C)O1. The van der Waals surface area contributed by atoms with Crippen LogP contribution in [0, 0.1) is 12.8 Å². The van der Waals surface area contributed by atoms with Crippen LogP contribution in [0.3, 0.4) is 0 Å². The van der Waals surface area contributed by atoms with E-state index in [9.17, 15) is 65.4 Å². The average molecular weight is 1190 g/mol. The van der Waals surface area contributed by atoms with Crippen molar-refractivity contribution in [2.45, 2.75) is 254 Å². The lowest BCUT2D eigenvalue weighted by molar-refractivity contribution is -0.334. The van der Waals surface area contributed by atoms with Gasteiger partial charge >= 0.3 is 11.9 Å². The number of carboxylic acids is 1. The first-order chi connectivity index (χ1) is 39.0. The number of carbonyl (C=O) groups excluding carboxylic acids is 3. The molecule has 25 atom stereocenters. The highest BCUT2D eigenvalue weighted by molar-refractivity contribution is 6.11. The van der Waals surface area contributed by atoms with Gasteiger partial charge in [0.2, 0.25) is 6.29 Å². The Labute approximate surface area is 478 Å². The van der Waals surface area contributed by atoms with E-state index in [4.69, 9.17) is 61.9 Å². The highest BCUT2D eigenvalue weighted by Gasteiger charge is 2.52. The highest BCUT2D eigenvalue weighted by atomic mass is 16.7. The Bertz CT molecular complexity index is 2620. The van der Waals surface area contributed by atoms with Gasteiger partial charge in [0.05, 0.1) is 84.3 Å². The molecular weight excluding hydrogens is 1100 g/mol. The predicted molar refractivity (Wildman–Crippen MR) is 279 cm³/mol. The van der Waals surface area contributed by atoms with Crippen LogP contribution >= 0.6 is 0 Å². The van der Waals surface area contributed by atoms with Crippen LogP contribution in [-0.4, -0.2) is 234 Å². The number of esters is 1. The summed E-state index contributed by atoms with van der Waals surface area (Å²) in [7, 11) is 1.13. The first-order valence-electron chi connectivity index (χ1n) is 28.1. The van der Waals surface area contributed by atoms with Crippen LogP contribution in [0.4, 0.5) is 0 Å². The molecule has 0 spiro atoms. The molecule has 0 saturated carbocycles. The number of Topliss-reactive ketones (excluding diaryl/α,β-unsaturated/α-hetero) is 2. The quantitative estimate of drug-likeness (QED) is 0.0835. The number of rotatable bonds is 19. The third-order valence-electron chi connectivity index (χ3n) is 16.7. The summed E-state index contributed by atoms with van der Waals surface area (Å²) in [5.74, 6) is -6.81. The van der Waals surface area contributed by atoms with Crippen molar-refractivity contribution < 1.29 is 132 Å². The van der Waals surface area contributed by atoms with Crippen molar-refractivity contribution >= 4 is 34.3 Å². The summed E-state index contributed by atoms with van der Waals surface area (Å²) >= 11 is 0. The van der Waals surface area contributed by atoms with Crippen molar-refractivity contribution in [1.29, 1.82) is 0 Å². The topological polar surface area (TPSA) is 402 Å². The Morgan fingerprint density at radius 1 is 0.699 bits per heavy atom. The van der Waals surface area contributed by atoms with Crippen molar-refractivity contribution in [3.8, 4) is 17.2 Å². The van der Waals surface area contributed by atoms with E-state index in [-0.39, 0.29) is 71.7 Å². The zero-order chi connectivity index (χ0) is 60.8. The molecule has 27 heteroatoms. The summed E-state index contributed by atoms with van der Waals surface area (Å²) in [6, 6.07) is 2.95. The van der Waals surface area contributed by atoms with Gasteiger partial charge in [0.1, 0.15) is 66.1 Å². The molecule has 0 aromatic heterocycles. The summed E-state index contributed by atoms with van der Waals surface area (Å²) in [5, 5.41) is 120. The number of hydrogen-bond donors (Lipinski definition) is 11. The van der Waals surface area contributed by atoms with Crippen molar-refractivity contribution in [2.75, 3.05) is 7.11 Å². The Morgan fingerprint density at radius 3 is 1.75 bits per heavy atom. The Hall–Kier alpha value is -4.34. The van der Waals surface area contributed by atoms with E-state index in [1.165, 1.54) is 39.8 Å². The standard InChI is InChI=1S/C56H80O27/c1-20-31(79-38-16-32(46(63)22(3)75-38)80-37-15-30(57)45(62)21(2)74-37)14-28-12-27-13-29(53(72-9)52(69)49(66)25(6)73-36(60)11-10-35(58)59)54(51(68)43(27)50(67)42(28)44(20)61)83-40-18-33(47(64)24(5)77-40)81-39-17-34(48(65)23(4)76-39)82-41-19-56(8,71)55(70)26(7)78-41/h12,14,21-26,29-30,32-34,37-41,45-49,53-55,57,61-67,70-71H,10-11,13,15-19H2,1-9H3,(H,58,59)/t21?,22?,23?,24?,25-,26?,29+,30-,32-,33-,34-,37+,38+,39+,40+,41+,45-,46-,47-,48+,49+,53+,54+,55-,56+/m1/s1. The summed E-state index contributed by atoms with van der Waals surface area (Å²) < 4.78 is 71.9. The molecule has 5 unspecified atom stereocenters. The number of carboxylic acid groups (broad SMARTS) is 1. The maximum atomic E-state index is 15.2. The molecule has 8 rings (SSSR count). The number of aliphatic carboxylic acids is 1. The fourth-order valence-corrected chi connectivity index (χ4v) is 11.9. The lowest BCUT2D eigenvalue weighted by Gasteiger charge is -2.46. The smallest absolute Gasteiger partial charge is 0.306 e. The molecule has 2 aromatic carbocycles. The molecule has 2 aromatic rings. The van der Waals surface area contributed by atoms with Crippen LogP contribution in [0.5, 0.6) is 17.2 Å². The second-order valence-corrected chi connectivity index (χ2v) is 23.1. The van der Waals surface area contributed by atoms with Gasteiger partial charge in [-0.25, -0.2) is 0 Å². The van der Waals surface area contributed by atoms with Crippen LogP contribution in [0.2, 0.25) is 0 Å². The number of hydrogen-bond acceptors (Lipinski definition) is 26. The van der Waals surface area contributed by atoms with Crippen molar-refractivity contribution in [2.24, 2.45) is 5.92 Å². The molecule has 0 bridgehead atoms. The Kier molecular flexibility index (Phi) is 20.5. The van der Waals surface area contributed by atoms with Gasteiger partial charge < -0.3 is 113 Å². The van der Waals surface area contributed by atoms with Crippen LogP contribution in [0.25, 0.3) is 10.8 Å². The number of benzene rings is 2. The van der Waals surface area contributed by atoms with Crippen molar-refractivity contribution in [1.82, 2.24) is 0 Å². The molecule has 83 heavy (non-hydrogen) atoms. The largest absolute Gasteiger partial charge is 0.507 e. The molecule has 5 fully saturated rings. The zero-order valence-corrected chi connectivity index (χ0v) is 47.6. The summed E-state index contributed by atoms with van der Waals surface area (Å²) in [5.41, 5.74) is -1.67. The molecule has 27 nitrogen and oxygen atoms in total. The molecule has 0 amide bonds. The molecule has 11 N–H and O–H groups in total. The second kappa shape index (κ2) is 26.3. The number of aromatic hydroxyl groups is 2. The molecule has 1 aliphatic carbocycles. The zero-order valence-electron chi connectivity index (χ0n) is 47.6. The Balaban J connectivity index is 1.07. The fourth-order valence-electron chi connectivity index (χ4n) is 11.9. The van der Waals surface area contributed by atoms with Crippen molar-refractivity contribution in [3.63, 3.8) is 0 Å². The van der Waals surface area contributed by atoms with Gasteiger partial charge in [-0.1, -0.05) is 0 Å². The number of methoxy groups -OCH3 is 1. The monoisotopic (exact) mass is 1180 g/mol. The number of ether oxygens (including phenoxy) is 12. The molecule has 466 valence electrons. The van der Waals surface area contributed by atoms with E-state index in [1.54, 1.807) is 27.7 Å². The minimum atomic E-state index is -2.10. The highest BCUT2D eigenvalue weighted by Crippen LogP contribution is 2.48. The average Bonchev–Trinajstić information content (AvgIpc) is 2.72. The fraction of sp³-hybridized carbons (Fsp3) is 0.750. The van der Waals surface area contributed by atoms with Crippen LogP contribution in [0.15, 0.2) is 12.1 Å². The predicted octanol–water partition coefficient (Wildman–Crippen LogP) is 0.166. The van der Waals surface area contributed by atoms with Gasteiger partial charge in [0.15, 0.2) is 42.8 Å². The van der Waals surface area contributed by atoms with Crippen molar-refractivity contribution in [3.05, 3.63) is 28.8 Å². The maximum absolute atomic E-state index is 15.2. The molecule has 5 aliphatic heterocycles. The van der Waals surface area contributed by atoms with Gasteiger partial charge in [-0.15, -0.1) is 0 Å². The number of phenols is 2. The molecule has 0 radical (unpaired) electrons. The number of aliphatic hydroxyl groups is 8. The third kappa shape index (κ3) is 14.1. The number of ketones is 2. The van der Waals surface area contributed by atoms with Crippen LogP contribution in [0.1, 0.15) is 115 Å². The third-order valence-corrected chi connectivity index (χ3v) is 16.7. The number of phenolic OH excluding ortho intramolecular Hbond substituents is 2. The lowest BCUT2D eigenvalue weighted by Crippen LogP contribution is -2.58.